The van der Waals surface area contributed by atoms with Gasteiger partial charge in [-0.2, -0.15) is 5.26 Å². The van der Waals surface area contributed by atoms with E-state index in [1.54, 1.807) is 23.1 Å². The van der Waals surface area contributed by atoms with Gasteiger partial charge < -0.3 is 5.32 Å². The van der Waals surface area contributed by atoms with E-state index in [9.17, 15) is 10.1 Å². The number of hydrogen-bond acceptors (Lipinski definition) is 4. The molecule has 5 heteroatoms. The zero-order valence-electron chi connectivity index (χ0n) is 11.0. The molecule has 0 unspecified atom stereocenters. The summed E-state index contributed by atoms with van der Waals surface area (Å²) in [6, 6.07) is 4.34. The van der Waals surface area contributed by atoms with E-state index in [1.807, 2.05) is 18.4 Å². The highest BCUT2D eigenvalue weighted by Crippen LogP contribution is 2.39. The van der Waals surface area contributed by atoms with Crippen molar-refractivity contribution in [3.8, 4) is 6.07 Å². The Kier molecular flexibility index (Phi) is 4.67. The molecule has 0 aliphatic carbocycles. The summed E-state index contributed by atoms with van der Waals surface area (Å²) in [5.41, 5.74) is 1.88. The third-order valence-corrected chi connectivity index (χ3v) is 5.38. The molecule has 0 radical (unpaired) electrons. The summed E-state index contributed by atoms with van der Waals surface area (Å²) >= 11 is 3.20. The van der Waals surface area contributed by atoms with Crippen LogP contribution in [-0.2, 0) is 4.79 Å². The minimum atomic E-state index is -0.0712. The van der Waals surface area contributed by atoms with Gasteiger partial charge >= 0.3 is 0 Å². The van der Waals surface area contributed by atoms with Crippen LogP contribution in [0.1, 0.15) is 36.1 Å². The summed E-state index contributed by atoms with van der Waals surface area (Å²) in [6.07, 6.45) is 1.39. The van der Waals surface area contributed by atoms with Gasteiger partial charge in [0.05, 0.1) is 16.7 Å². The lowest BCUT2D eigenvalue weighted by molar-refractivity contribution is -0.120. The molecule has 0 saturated heterocycles. The number of nitrogens with zero attached hydrogens (tertiary/aromatic N) is 1. The van der Waals surface area contributed by atoms with E-state index in [2.05, 4.69) is 18.3 Å². The normalized spacial score (nSPS) is 19.2. The monoisotopic (exact) mass is 292 g/mol. The molecule has 1 aliphatic heterocycles. The quantitative estimate of drug-likeness (QED) is 0.923. The molecule has 1 aromatic rings. The van der Waals surface area contributed by atoms with Crippen molar-refractivity contribution in [3.63, 3.8) is 0 Å². The van der Waals surface area contributed by atoms with Crippen molar-refractivity contribution >= 4 is 29.0 Å². The molecule has 1 aromatic heterocycles. The highest BCUT2D eigenvalue weighted by atomic mass is 32.2. The standard InChI is InChI=1S/C14H16N2OS2/c1-3-5-19-14-11(8-15)10(7-12(17)16-14)13-9(2)4-6-18-13/h4,6,10H,3,5,7H2,1-2H3,(H,16,17)/t10-/m1/s1. The number of carbonyl (C=O) groups excluding carboxylic acids is 1. The molecule has 1 aliphatic rings. The minimum Gasteiger partial charge on any atom is -0.320 e. The molecule has 0 saturated carbocycles. The van der Waals surface area contributed by atoms with Gasteiger partial charge in [0.25, 0.3) is 0 Å². The molecule has 2 rings (SSSR count). The van der Waals surface area contributed by atoms with E-state index < -0.39 is 0 Å². The number of hydrogen-bond donors (Lipinski definition) is 1. The molecule has 0 bridgehead atoms. The Morgan fingerprint density at radius 1 is 1.63 bits per heavy atom. The lowest BCUT2D eigenvalue weighted by Gasteiger charge is -2.24. The summed E-state index contributed by atoms with van der Waals surface area (Å²) in [5.74, 6) is 0.852. The first-order valence-corrected chi connectivity index (χ1v) is 8.14. The van der Waals surface area contributed by atoms with Gasteiger partial charge in [-0.05, 0) is 36.1 Å². The molecule has 1 atom stereocenters. The number of thioether (sulfide) groups is 1. The minimum absolute atomic E-state index is 0.00963. The second-order valence-corrected chi connectivity index (χ2v) is 6.53. The van der Waals surface area contributed by atoms with Crippen LogP contribution in [0.15, 0.2) is 22.0 Å². The van der Waals surface area contributed by atoms with Crippen LogP contribution in [0.2, 0.25) is 0 Å². The van der Waals surface area contributed by atoms with Gasteiger partial charge in [0.2, 0.25) is 5.91 Å². The molecule has 19 heavy (non-hydrogen) atoms. The number of amides is 1. The van der Waals surface area contributed by atoms with E-state index in [4.69, 9.17) is 0 Å². The maximum atomic E-state index is 11.9. The van der Waals surface area contributed by atoms with Crippen LogP contribution in [0.4, 0.5) is 0 Å². The smallest absolute Gasteiger partial charge is 0.225 e. The topological polar surface area (TPSA) is 52.9 Å². The maximum Gasteiger partial charge on any atom is 0.225 e. The highest BCUT2D eigenvalue weighted by molar-refractivity contribution is 8.03. The predicted octanol–water partition coefficient (Wildman–Crippen LogP) is 3.54. The van der Waals surface area contributed by atoms with Gasteiger partial charge in [-0.1, -0.05) is 6.92 Å². The molecule has 3 nitrogen and oxygen atoms in total. The van der Waals surface area contributed by atoms with Crippen molar-refractivity contribution in [1.82, 2.24) is 5.32 Å². The first-order valence-electron chi connectivity index (χ1n) is 6.28. The number of nitriles is 1. The van der Waals surface area contributed by atoms with Gasteiger partial charge in [-0.15, -0.1) is 23.1 Å². The van der Waals surface area contributed by atoms with E-state index in [1.165, 1.54) is 0 Å². The van der Waals surface area contributed by atoms with Crippen molar-refractivity contribution in [2.45, 2.75) is 32.6 Å². The van der Waals surface area contributed by atoms with Crippen molar-refractivity contribution in [1.29, 1.82) is 5.26 Å². The van der Waals surface area contributed by atoms with Crippen LogP contribution in [0.3, 0.4) is 0 Å². The molecule has 2 heterocycles. The van der Waals surface area contributed by atoms with Crippen molar-refractivity contribution in [2.24, 2.45) is 0 Å². The van der Waals surface area contributed by atoms with Crippen LogP contribution in [-0.4, -0.2) is 11.7 Å². The van der Waals surface area contributed by atoms with Crippen LogP contribution >= 0.6 is 23.1 Å². The van der Waals surface area contributed by atoms with Crippen molar-refractivity contribution in [3.05, 3.63) is 32.5 Å². The van der Waals surface area contributed by atoms with E-state index in [-0.39, 0.29) is 11.8 Å². The number of nitrogens with one attached hydrogen (secondary N) is 1. The van der Waals surface area contributed by atoms with Crippen LogP contribution in [0, 0.1) is 18.3 Å². The Hall–Kier alpha value is -1.25. The Labute approximate surface area is 121 Å². The van der Waals surface area contributed by atoms with Crippen LogP contribution in [0.25, 0.3) is 0 Å². The summed E-state index contributed by atoms with van der Waals surface area (Å²) < 4.78 is 0. The van der Waals surface area contributed by atoms with Gasteiger partial charge in [-0.25, -0.2) is 0 Å². The number of rotatable bonds is 4. The zero-order chi connectivity index (χ0) is 13.8. The Balaban J connectivity index is 2.39. The molecule has 1 amide bonds. The average molecular weight is 292 g/mol. The lowest BCUT2D eigenvalue weighted by atomic mass is 9.91. The molecule has 0 aromatic carbocycles. The van der Waals surface area contributed by atoms with Gasteiger partial charge in [-0.3, -0.25) is 4.79 Å². The van der Waals surface area contributed by atoms with Crippen LogP contribution in [0.5, 0.6) is 0 Å². The lowest BCUT2D eigenvalue weighted by Crippen LogP contribution is -2.30. The molecule has 1 N–H and O–H groups in total. The first kappa shape index (κ1) is 14.2. The fourth-order valence-electron chi connectivity index (χ4n) is 2.10. The Morgan fingerprint density at radius 3 is 3.00 bits per heavy atom. The Bertz CT molecular complexity index is 554. The average Bonchev–Trinajstić information content (AvgIpc) is 2.81. The molecule has 100 valence electrons. The highest BCUT2D eigenvalue weighted by Gasteiger charge is 2.30. The largest absolute Gasteiger partial charge is 0.320 e. The van der Waals surface area contributed by atoms with E-state index >= 15 is 0 Å². The second-order valence-electron chi connectivity index (χ2n) is 4.48. The van der Waals surface area contributed by atoms with Crippen molar-refractivity contribution in [2.75, 3.05) is 5.75 Å². The third-order valence-electron chi connectivity index (χ3n) is 3.02. The van der Waals surface area contributed by atoms with Crippen LogP contribution < -0.4 is 5.32 Å². The van der Waals surface area contributed by atoms with Gasteiger partial charge in [0.15, 0.2) is 0 Å². The molecule has 0 spiro atoms. The summed E-state index contributed by atoms with van der Waals surface area (Å²) in [4.78, 5) is 13.0. The zero-order valence-corrected chi connectivity index (χ0v) is 12.7. The first-order chi connectivity index (χ1) is 9.17. The molecular weight excluding hydrogens is 276 g/mol. The number of allylic oxidation sites excluding steroid dienone is 1. The third kappa shape index (κ3) is 3.02. The van der Waals surface area contributed by atoms with Crippen molar-refractivity contribution < 1.29 is 4.79 Å². The predicted molar refractivity (Wildman–Crippen MR) is 79.9 cm³/mol. The fourth-order valence-corrected chi connectivity index (χ4v) is 4.08. The molecular formula is C14H16N2OS2. The summed E-state index contributed by atoms with van der Waals surface area (Å²) in [6.45, 7) is 4.12. The number of carbonyl (C=O) groups is 1. The number of thiophene rings is 1. The molecule has 0 fully saturated rings. The second kappa shape index (κ2) is 6.27. The van der Waals surface area contributed by atoms with Gasteiger partial charge in [0.1, 0.15) is 0 Å². The van der Waals surface area contributed by atoms with E-state index in [0.29, 0.717) is 12.0 Å². The maximum absolute atomic E-state index is 11.9. The van der Waals surface area contributed by atoms with Gasteiger partial charge in [0, 0.05) is 17.2 Å². The SMILES string of the molecule is CCCSC1=C(C#N)[C@H](c2sccc2C)CC(=O)N1. The fraction of sp³-hybridized carbons (Fsp3) is 0.429. The Morgan fingerprint density at radius 2 is 2.42 bits per heavy atom. The summed E-state index contributed by atoms with van der Waals surface area (Å²) in [7, 11) is 0. The summed E-state index contributed by atoms with van der Waals surface area (Å²) in [5, 5.41) is 15.1. The number of aryl methyl sites for hydroxylation is 1. The van der Waals surface area contributed by atoms with E-state index in [0.717, 1.165) is 27.6 Å².